The third-order valence-electron chi connectivity index (χ3n) is 11.4. The number of nitro benzene ring substituents is 1. The van der Waals surface area contributed by atoms with Gasteiger partial charge in [-0.2, -0.15) is 0 Å². The molecule has 0 saturated carbocycles. The number of ether oxygens (including phenoxy) is 4. The fourth-order valence-electron chi connectivity index (χ4n) is 8.53. The molecule has 15 heteroatoms. The first-order valence-corrected chi connectivity index (χ1v) is 20.5. The topological polar surface area (TPSA) is 199 Å². The Morgan fingerprint density at radius 2 is 1.03 bits per heavy atom. The van der Waals surface area contributed by atoms with Gasteiger partial charge in [0.05, 0.1) is 73.0 Å². The molecule has 65 heavy (non-hydrogen) atoms. The lowest BCUT2D eigenvalue weighted by Crippen LogP contribution is -1.96. The van der Waals surface area contributed by atoms with Crippen molar-refractivity contribution in [3.63, 3.8) is 0 Å². The highest BCUT2D eigenvalue weighted by molar-refractivity contribution is 6.02. The molecule has 0 radical (unpaired) electrons. The molecule has 0 saturated heterocycles. The average Bonchev–Trinajstić information content (AvgIpc) is 4.19. The summed E-state index contributed by atoms with van der Waals surface area (Å²) >= 11 is 0. The lowest BCUT2D eigenvalue weighted by Gasteiger charge is -2.14. The Morgan fingerprint density at radius 3 is 1.43 bits per heavy atom. The zero-order valence-corrected chi connectivity index (χ0v) is 35.8. The van der Waals surface area contributed by atoms with Gasteiger partial charge < -0.3 is 28.9 Å². The first kappa shape index (κ1) is 41.8. The van der Waals surface area contributed by atoms with Crippen LogP contribution in [0.5, 0.6) is 23.0 Å². The number of hydrogen-bond donors (Lipinski definition) is 4. The third kappa shape index (κ3) is 7.48. The molecule has 0 unspecified atom stereocenters. The smallest absolute Gasteiger partial charge is 0.272 e. The molecule has 5 heterocycles. The highest BCUT2D eigenvalue weighted by Crippen LogP contribution is 2.46. The molecule has 0 atom stereocenters. The van der Waals surface area contributed by atoms with Crippen molar-refractivity contribution in [3.8, 4) is 67.5 Å². The number of aromatic amines is 2. The number of fused-ring (bicyclic) bond motifs is 8. The van der Waals surface area contributed by atoms with Crippen LogP contribution in [0.4, 0.5) is 17.1 Å². The second-order valence-electron chi connectivity index (χ2n) is 15.0. The van der Waals surface area contributed by atoms with E-state index in [1.54, 1.807) is 46.6 Å². The van der Waals surface area contributed by atoms with Crippen molar-refractivity contribution >= 4 is 63.4 Å². The van der Waals surface area contributed by atoms with E-state index in [9.17, 15) is 20.2 Å². The molecule has 8 bridgehead atoms. The molecule has 0 fully saturated rings. The van der Waals surface area contributed by atoms with Crippen LogP contribution in [0.2, 0.25) is 0 Å². The van der Waals surface area contributed by atoms with Crippen LogP contribution in [-0.2, 0) is 6.42 Å². The van der Waals surface area contributed by atoms with E-state index in [0.29, 0.717) is 113 Å². The maximum absolute atomic E-state index is 12.3. The lowest BCUT2D eigenvalue weighted by atomic mass is 9.99. The first-order valence-electron chi connectivity index (χ1n) is 20.5. The van der Waals surface area contributed by atoms with Crippen molar-refractivity contribution in [1.29, 1.82) is 0 Å². The van der Waals surface area contributed by atoms with Crippen LogP contribution in [0.3, 0.4) is 0 Å². The number of nitrogens with zero attached hydrogens (tertiary/aromatic N) is 4. The Kier molecular flexibility index (Phi) is 11.1. The van der Waals surface area contributed by atoms with Crippen molar-refractivity contribution in [1.82, 2.24) is 19.9 Å². The summed E-state index contributed by atoms with van der Waals surface area (Å²) in [6.45, 7) is 2.02. The maximum atomic E-state index is 12.3. The molecule has 2 aliphatic heterocycles. The predicted molar refractivity (Wildman–Crippen MR) is 254 cm³/mol. The Balaban J connectivity index is 1.54. The summed E-state index contributed by atoms with van der Waals surface area (Å²) in [5.74, 6) is 2.07. The molecule has 4 N–H and O–H groups in total. The number of H-pyrrole nitrogens is 2. The monoisotopic (exact) mass is 867 g/mol. The number of aromatic nitrogens is 4. The van der Waals surface area contributed by atoms with Crippen molar-refractivity contribution in [2.45, 2.75) is 13.3 Å². The molecule has 0 spiro atoms. The van der Waals surface area contributed by atoms with Gasteiger partial charge in [-0.3, -0.25) is 20.8 Å². The van der Waals surface area contributed by atoms with E-state index in [0.717, 1.165) is 11.1 Å². The second kappa shape index (κ2) is 17.3. The van der Waals surface area contributed by atoms with Gasteiger partial charge in [-0.15, -0.1) is 4.91 Å². The fourth-order valence-corrected chi connectivity index (χ4v) is 8.53. The number of hydrogen-bond acceptors (Lipinski definition) is 12. The number of nitro groups is 1. The van der Waals surface area contributed by atoms with Crippen molar-refractivity contribution in [2.75, 3.05) is 33.9 Å². The number of nitrogens with one attached hydrogen (secondary N) is 3. The van der Waals surface area contributed by atoms with Crippen LogP contribution in [0.25, 0.3) is 90.9 Å². The number of benzene rings is 4. The minimum atomic E-state index is -0.522. The number of non-ortho nitro benzene ring substituents is 1. The molecular formula is C50H41N7O8. The Bertz CT molecular complexity index is 3220. The highest BCUT2D eigenvalue weighted by atomic mass is 16.6. The largest absolute Gasteiger partial charge is 0.496 e. The summed E-state index contributed by atoms with van der Waals surface area (Å²) < 4.78 is 23.9. The van der Waals surface area contributed by atoms with Crippen LogP contribution < -0.4 is 24.4 Å². The van der Waals surface area contributed by atoms with Crippen LogP contribution >= 0.6 is 0 Å². The van der Waals surface area contributed by atoms with Crippen molar-refractivity contribution < 1.29 is 29.1 Å². The SMILES string of the molecule is CCc1cc(N=O)cc(-c2c3nc(c(-c4c(OC)cccc4OC)c4ccc([nH]4)c(-c4cc(NO)cc([N+](=O)[O-])c4)c4nc(c(-c5c(OC)cccc5OC)c5ccc2[nH]5)C=C4)C=C3)c1. The predicted octanol–water partition coefficient (Wildman–Crippen LogP) is 12.0. The minimum absolute atomic E-state index is 0.101. The van der Waals surface area contributed by atoms with E-state index in [2.05, 4.69) is 20.6 Å². The Hall–Kier alpha value is -8.56. The molecule has 4 aromatic carbocycles. The summed E-state index contributed by atoms with van der Waals surface area (Å²) in [5.41, 5.74) is 12.4. The summed E-state index contributed by atoms with van der Waals surface area (Å²) in [6.07, 6.45) is 8.18. The standard InChI is InChI=1S/C50H41N7O8/c1-6-27-21-28(23-30(22-27)55-58)45-33-13-17-37(51-33)47(49-41(62-2)9-7-10-42(49)63-3)39-19-15-35(53-39)46(29-24-31(56-59)26-32(25-29)57(60)61)36-16-20-40(54-36)48(38-18-14-34(45)52-38)50-43(64-4)11-8-12-44(50)65-5/h7-26,51,54,56,59H,6H2,1-5H3. The normalized spacial score (nSPS) is 11.7. The van der Waals surface area contributed by atoms with E-state index in [1.165, 1.54) is 12.1 Å². The molecule has 15 nitrogen and oxygen atoms in total. The van der Waals surface area contributed by atoms with E-state index in [-0.39, 0.29) is 17.1 Å². The van der Waals surface area contributed by atoms with Gasteiger partial charge in [0.1, 0.15) is 28.7 Å². The third-order valence-corrected chi connectivity index (χ3v) is 11.4. The zero-order valence-electron chi connectivity index (χ0n) is 35.8. The van der Waals surface area contributed by atoms with E-state index in [4.69, 9.17) is 28.9 Å². The lowest BCUT2D eigenvalue weighted by molar-refractivity contribution is -0.384. The van der Waals surface area contributed by atoms with E-state index < -0.39 is 4.92 Å². The van der Waals surface area contributed by atoms with Crippen LogP contribution in [0.15, 0.2) is 102 Å². The quantitative estimate of drug-likeness (QED) is 0.0517. The van der Waals surface area contributed by atoms with Crippen molar-refractivity contribution in [3.05, 3.63) is 140 Å². The van der Waals surface area contributed by atoms with E-state index >= 15 is 0 Å². The molecule has 9 rings (SSSR count). The van der Waals surface area contributed by atoms with Gasteiger partial charge in [0.2, 0.25) is 0 Å². The molecule has 7 aromatic rings. The van der Waals surface area contributed by atoms with Gasteiger partial charge in [0.15, 0.2) is 0 Å². The number of methoxy groups -OCH3 is 4. The molecule has 2 aliphatic rings. The maximum Gasteiger partial charge on any atom is 0.272 e. The van der Waals surface area contributed by atoms with Gasteiger partial charge in [-0.1, -0.05) is 25.1 Å². The van der Waals surface area contributed by atoms with Gasteiger partial charge >= 0.3 is 0 Å². The molecule has 3 aromatic heterocycles. The number of nitroso groups, excluding NO2 is 1. The van der Waals surface area contributed by atoms with Gasteiger partial charge in [0.25, 0.3) is 5.69 Å². The Morgan fingerprint density at radius 1 is 0.600 bits per heavy atom. The second-order valence-corrected chi connectivity index (χ2v) is 15.0. The summed E-state index contributed by atoms with van der Waals surface area (Å²) in [7, 11) is 6.33. The molecule has 324 valence electrons. The Labute approximate surface area is 371 Å². The van der Waals surface area contributed by atoms with Crippen LogP contribution in [0, 0.1) is 15.0 Å². The highest BCUT2D eigenvalue weighted by Gasteiger charge is 2.25. The molecule has 0 amide bonds. The first-order chi connectivity index (χ1) is 31.7. The van der Waals surface area contributed by atoms with E-state index in [1.807, 2.05) is 98.0 Å². The van der Waals surface area contributed by atoms with Gasteiger partial charge in [-0.25, -0.2) is 9.97 Å². The summed E-state index contributed by atoms with van der Waals surface area (Å²) in [5, 5.41) is 25.7. The van der Waals surface area contributed by atoms with Gasteiger partial charge in [0, 0.05) is 56.5 Å². The zero-order chi connectivity index (χ0) is 45.4. The van der Waals surface area contributed by atoms with Crippen LogP contribution in [0.1, 0.15) is 35.3 Å². The molecule has 0 aliphatic carbocycles. The fraction of sp³-hybridized carbons (Fsp3) is 0.120. The minimum Gasteiger partial charge on any atom is -0.496 e. The number of rotatable bonds is 12. The number of aryl methyl sites for hydroxylation is 1. The van der Waals surface area contributed by atoms with Crippen molar-refractivity contribution in [2.24, 2.45) is 5.18 Å². The van der Waals surface area contributed by atoms with Crippen LogP contribution in [-0.4, -0.2) is 58.5 Å². The molecular weight excluding hydrogens is 827 g/mol. The summed E-state index contributed by atoms with van der Waals surface area (Å²) in [4.78, 5) is 41.9. The average molecular weight is 868 g/mol. The number of anilines is 1. The van der Waals surface area contributed by atoms with Gasteiger partial charge in [-0.05, 0) is 119 Å². The summed E-state index contributed by atoms with van der Waals surface area (Å²) in [6, 6.07) is 28.5.